The fraction of sp³-hybridized carbons (Fsp3) is 0.261. The minimum atomic E-state index is -4.44. The maximum absolute atomic E-state index is 12.8. The number of aromatic nitrogens is 2. The van der Waals surface area contributed by atoms with Gasteiger partial charge in [0.15, 0.2) is 23.9 Å². The fourth-order valence-corrected chi connectivity index (χ4v) is 3.04. The van der Waals surface area contributed by atoms with E-state index in [2.05, 4.69) is 15.3 Å². The zero-order valence-electron chi connectivity index (χ0n) is 18.8. The summed E-state index contributed by atoms with van der Waals surface area (Å²) in [5, 5.41) is 2.66. The van der Waals surface area contributed by atoms with E-state index in [1.807, 2.05) is 0 Å². The number of nitrogens with one attached hydrogen (secondary N) is 1. The molecule has 0 spiro atoms. The first kappa shape index (κ1) is 24.6. The van der Waals surface area contributed by atoms with Gasteiger partial charge in [-0.2, -0.15) is 18.2 Å². The van der Waals surface area contributed by atoms with Gasteiger partial charge in [-0.25, -0.2) is 4.98 Å². The smallest absolute Gasteiger partial charge is 0.416 e. The van der Waals surface area contributed by atoms with E-state index >= 15 is 0 Å². The number of halogens is 3. The van der Waals surface area contributed by atoms with Gasteiger partial charge in [-0.3, -0.25) is 4.79 Å². The lowest BCUT2D eigenvalue weighted by Gasteiger charge is -2.15. The van der Waals surface area contributed by atoms with E-state index in [4.69, 9.17) is 18.9 Å². The van der Waals surface area contributed by atoms with Crippen LogP contribution in [0.3, 0.4) is 0 Å². The summed E-state index contributed by atoms with van der Waals surface area (Å²) >= 11 is 0. The van der Waals surface area contributed by atoms with E-state index in [-0.39, 0.29) is 18.3 Å². The monoisotopic (exact) mass is 477 g/mol. The van der Waals surface area contributed by atoms with Crippen LogP contribution in [0.25, 0.3) is 11.4 Å². The summed E-state index contributed by atoms with van der Waals surface area (Å²) in [4.78, 5) is 20.8. The normalized spacial score (nSPS) is 11.0. The quantitative estimate of drug-likeness (QED) is 0.510. The Morgan fingerprint density at radius 3 is 2.09 bits per heavy atom. The third-order valence-electron chi connectivity index (χ3n) is 4.60. The second-order valence-electron chi connectivity index (χ2n) is 7.00. The van der Waals surface area contributed by atoms with Crippen molar-refractivity contribution in [1.29, 1.82) is 0 Å². The van der Waals surface area contributed by atoms with Crippen molar-refractivity contribution in [2.75, 3.05) is 33.3 Å². The van der Waals surface area contributed by atoms with Crippen molar-refractivity contribution in [3.05, 3.63) is 53.7 Å². The highest BCUT2D eigenvalue weighted by atomic mass is 19.4. The third kappa shape index (κ3) is 5.85. The highest BCUT2D eigenvalue weighted by Gasteiger charge is 2.30. The van der Waals surface area contributed by atoms with E-state index in [0.717, 1.165) is 12.1 Å². The van der Waals surface area contributed by atoms with E-state index < -0.39 is 17.6 Å². The van der Waals surface area contributed by atoms with Gasteiger partial charge in [0.05, 0.1) is 26.9 Å². The van der Waals surface area contributed by atoms with Crippen molar-refractivity contribution in [2.24, 2.45) is 0 Å². The molecule has 0 unspecified atom stereocenters. The zero-order chi connectivity index (χ0) is 24.9. The van der Waals surface area contributed by atoms with Gasteiger partial charge >= 0.3 is 6.18 Å². The maximum atomic E-state index is 12.8. The average molecular weight is 477 g/mol. The Balaban J connectivity index is 1.71. The van der Waals surface area contributed by atoms with Gasteiger partial charge in [-0.1, -0.05) is 12.1 Å². The van der Waals surface area contributed by atoms with E-state index in [0.29, 0.717) is 34.2 Å². The number of amides is 1. The number of aryl methyl sites for hydroxylation is 1. The molecule has 0 saturated carbocycles. The molecule has 0 aliphatic heterocycles. The van der Waals surface area contributed by atoms with Crippen molar-refractivity contribution >= 4 is 11.6 Å². The minimum absolute atomic E-state index is 0.0995. The molecule has 0 bridgehead atoms. The van der Waals surface area contributed by atoms with Crippen LogP contribution in [0, 0.1) is 6.92 Å². The largest absolute Gasteiger partial charge is 0.493 e. The van der Waals surface area contributed by atoms with Crippen LogP contribution >= 0.6 is 0 Å². The second-order valence-corrected chi connectivity index (χ2v) is 7.00. The van der Waals surface area contributed by atoms with Crippen LogP contribution in [0.15, 0.2) is 42.5 Å². The highest BCUT2D eigenvalue weighted by molar-refractivity contribution is 5.92. The van der Waals surface area contributed by atoms with Crippen LogP contribution in [0.2, 0.25) is 0 Å². The third-order valence-corrected chi connectivity index (χ3v) is 4.60. The summed E-state index contributed by atoms with van der Waals surface area (Å²) in [6, 6.07) is 9.10. The standard InChI is InChI=1S/C23H22F3N3O5/c1-13-9-20(29-22(27-13)14-5-7-15(8-6-14)23(24,25)26)34-12-19(30)28-16-10-17(31-2)21(33-4)18(11-16)32-3/h5-11H,12H2,1-4H3,(H,28,30). The molecule has 1 heterocycles. The first-order chi connectivity index (χ1) is 16.1. The molecule has 0 aliphatic rings. The van der Waals surface area contributed by atoms with Gasteiger partial charge in [0.1, 0.15) is 0 Å². The molecule has 11 heteroatoms. The molecule has 34 heavy (non-hydrogen) atoms. The number of carbonyl (C=O) groups excluding carboxylic acids is 1. The van der Waals surface area contributed by atoms with Crippen LogP contribution in [-0.2, 0) is 11.0 Å². The molecule has 1 amide bonds. The topological polar surface area (TPSA) is 91.8 Å². The minimum Gasteiger partial charge on any atom is -0.493 e. The number of carbonyl (C=O) groups is 1. The molecule has 1 aromatic heterocycles. The molecule has 2 aromatic carbocycles. The van der Waals surface area contributed by atoms with Gasteiger partial charge in [0.2, 0.25) is 11.6 Å². The average Bonchev–Trinajstić information content (AvgIpc) is 2.81. The molecule has 1 N–H and O–H groups in total. The molecular formula is C23H22F3N3O5. The summed E-state index contributed by atoms with van der Waals surface area (Å²) in [5.74, 6) is 0.903. The van der Waals surface area contributed by atoms with E-state index in [1.165, 1.54) is 39.5 Å². The zero-order valence-corrected chi connectivity index (χ0v) is 18.8. The molecule has 3 rings (SSSR count). The SMILES string of the molecule is COc1cc(NC(=O)COc2cc(C)nc(-c3ccc(C(F)(F)F)cc3)n2)cc(OC)c1OC. The number of benzene rings is 2. The molecule has 0 saturated heterocycles. The van der Waals surface area contributed by atoms with Gasteiger partial charge in [0.25, 0.3) is 5.91 Å². The summed E-state index contributed by atoms with van der Waals surface area (Å²) in [6.07, 6.45) is -4.44. The van der Waals surface area contributed by atoms with E-state index in [1.54, 1.807) is 19.1 Å². The number of anilines is 1. The van der Waals surface area contributed by atoms with Crippen LogP contribution in [0.5, 0.6) is 23.1 Å². The predicted molar refractivity (Wildman–Crippen MR) is 117 cm³/mol. The molecule has 180 valence electrons. The van der Waals surface area contributed by atoms with Crippen molar-refractivity contribution in [3.8, 4) is 34.5 Å². The van der Waals surface area contributed by atoms with Gasteiger partial charge in [0, 0.05) is 35.1 Å². The first-order valence-corrected chi connectivity index (χ1v) is 9.90. The Hall–Kier alpha value is -4.02. The summed E-state index contributed by atoms with van der Waals surface area (Å²) in [6.45, 7) is 1.30. The lowest BCUT2D eigenvalue weighted by molar-refractivity contribution is -0.137. The van der Waals surface area contributed by atoms with E-state index in [9.17, 15) is 18.0 Å². The van der Waals surface area contributed by atoms with Gasteiger partial charge < -0.3 is 24.3 Å². The Bertz CT molecular complexity index is 1140. The number of ether oxygens (including phenoxy) is 4. The van der Waals surface area contributed by atoms with Crippen molar-refractivity contribution in [2.45, 2.75) is 13.1 Å². The number of rotatable bonds is 8. The van der Waals surface area contributed by atoms with Crippen LogP contribution in [0.4, 0.5) is 18.9 Å². The number of methoxy groups -OCH3 is 3. The van der Waals surface area contributed by atoms with Gasteiger partial charge in [-0.05, 0) is 19.1 Å². The van der Waals surface area contributed by atoms with Crippen molar-refractivity contribution in [1.82, 2.24) is 9.97 Å². The first-order valence-electron chi connectivity index (χ1n) is 9.90. The molecule has 0 aliphatic carbocycles. The molecule has 0 radical (unpaired) electrons. The molecular weight excluding hydrogens is 455 g/mol. The highest BCUT2D eigenvalue weighted by Crippen LogP contribution is 2.40. The second kappa shape index (κ2) is 10.3. The maximum Gasteiger partial charge on any atom is 0.416 e. The predicted octanol–water partition coefficient (Wildman–Crippen LogP) is 4.51. The Kier molecular flexibility index (Phi) is 7.44. The van der Waals surface area contributed by atoms with Crippen LogP contribution in [-0.4, -0.2) is 43.8 Å². The Morgan fingerprint density at radius 1 is 0.941 bits per heavy atom. The Labute approximate surface area is 193 Å². The summed E-state index contributed by atoms with van der Waals surface area (Å²) in [5.41, 5.74) is 0.518. The van der Waals surface area contributed by atoms with Gasteiger partial charge in [-0.15, -0.1) is 0 Å². The molecule has 8 nitrogen and oxygen atoms in total. The number of alkyl halides is 3. The number of nitrogens with zero attached hydrogens (tertiary/aromatic N) is 2. The lowest BCUT2D eigenvalue weighted by atomic mass is 10.1. The van der Waals surface area contributed by atoms with Crippen LogP contribution in [0.1, 0.15) is 11.3 Å². The van der Waals surface area contributed by atoms with Crippen molar-refractivity contribution < 1.29 is 36.9 Å². The fourth-order valence-electron chi connectivity index (χ4n) is 3.04. The number of hydrogen-bond donors (Lipinski definition) is 1. The lowest BCUT2D eigenvalue weighted by Crippen LogP contribution is -2.20. The summed E-state index contributed by atoms with van der Waals surface area (Å²) in [7, 11) is 4.38. The van der Waals surface area contributed by atoms with Crippen LogP contribution < -0.4 is 24.3 Å². The Morgan fingerprint density at radius 2 is 1.56 bits per heavy atom. The molecule has 0 fully saturated rings. The van der Waals surface area contributed by atoms with Crippen molar-refractivity contribution in [3.63, 3.8) is 0 Å². The number of hydrogen-bond acceptors (Lipinski definition) is 7. The molecule has 3 aromatic rings. The molecule has 0 atom stereocenters. The summed E-state index contributed by atoms with van der Waals surface area (Å²) < 4.78 is 59.6.